The Balaban J connectivity index is 1.80. The van der Waals surface area contributed by atoms with Gasteiger partial charge in [-0.2, -0.15) is 0 Å². The van der Waals surface area contributed by atoms with E-state index in [1.54, 1.807) is 22.7 Å². The number of aryl methyl sites for hydroxylation is 1. The van der Waals surface area contributed by atoms with Crippen LogP contribution in [-0.2, 0) is 13.0 Å². The molecule has 0 spiro atoms. The number of fused-ring (bicyclic) bond motifs is 2. The van der Waals surface area contributed by atoms with Crippen molar-refractivity contribution >= 4 is 37.9 Å². The monoisotopic (exact) mass is 343 g/mol. The highest BCUT2D eigenvalue weighted by Gasteiger charge is 2.26. The number of nitrogens with zero attached hydrogens (tertiary/aromatic N) is 2. The molecule has 2 aromatic heterocycles. The van der Waals surface area contributed by atoms with Crippen molar-refractivity contribution in [3.05, 3.63) is 34.2 Å². The molecule has 5 heteroatoms. The van der Waals surface area contributed by atoms with E-state index in [0.29, 0.717) is 6.04 Å². The first-order valence-corrected chi connectivity index (χ1v) is 9.68. The Hall–Kier alpha value is -1.43. The molecule has 0 saturated heterocycles. The molecule has 3 heterocycles. The molecule has 3 aromatic rings. The highest BCUT2D eigenvalue weighted by molar-refractivity contribution is 7.22. The topological polar surface area (TPSA) is 42.1 Å². The van der Waals surface area contributed by atoms with Crippen LogP contribution in [0.4, 0.5) is 5.00 Å². The zero-order chi connectivity index (χ0) is 16.1. The molecule has 0 unspecified atom stereocenters. The first kappa shape index (κ1) is 15.1. The molecule has 0 radical (unpaired) electrons. The van der Waals surface area contributed by atoms with Crippen molar-refractivity contribution in [1.82, 2.24) is 9.88 Å². The van der Waals surface area contributed by atoms with Crippen molar-refractivity contribution in [1.29, 1.82) is 0 Å². The Morgan fingerprint density at radius 3 is 2.87 bits per heavy atom. The van der Waals surface area contributed by atoms with Crippen LogP contribution in [0, 0.1) is 6.92 Å². The van der Waals surface area contributed by atoms with Gasteiger partial charge in [0.15, 0.2) is 0 Å². The van der Waals surface area contributed by atoms with Gasteiger partial charge in [-0.25, -0.2) is 4.98 Å². The van der Waals surface area contributed by atoms with Gasteiger partial charge in [-0.1, -0.05) is 6.07 Å². The van der Waals surface area contributed by atoms with Crippen LogP contribution < -0.4 is 5.73 Å². The zero-order valence-corrected chi connectivity index (χ0v) is 15.4. The highest BCUT2D eigenvalue weighted by Crippen LogP contribution is 2.44. The number of thiazole rings is 1. The third kappa shape index (κ3) is 2.57. The van der Waals surface area contributed by atoms with Gasteiger partial charge in [-0.3, -0.25) is 4.90 Å². The average molecular weight is 344 g/mol. The van der Waals surface area contributed by atoms with Crippen molar-refractivity contribution in [2.75, 3.05) is 12.3 Å². The summed E-state index contributed by atoms with van der Waals surface area (Å²) in [5.74, 6) is 0. The number of thiophene rings is 1. The van der Waals surface area contributed by atoms with E-state index in [9.17, 15) is 0 Å². The van der Waals surface area contributed by atoms with Crippen molar-refractivity contribution in [3.8, 4) is 10.6 Å². The number of anilines is 1. The number of hydrogen-bond acceptors (Lipinski definition) is 5. The standard InChI is InChI=1S/C18H21N3S2/c1-10(2)21-7-6-12-15(9-21)22-17(19)16(12)18-20-13-8-11(3)4-5-14(13)23-18/h4-5,8,10H,6-7,9,19H2,1-3H3. The first-order valence-electron chi connectivity index (χ1n) is 8.04. The van der Waals surface area contributed by atoms with Crippen molar-refractivity contribution in [3.63, 3.8) is 0 Å². The van der Waals surface area contributed by atoms with E-state index in [1.807, 2.05) is 0 Å². The van der Waals surface area contributed by atoms with Gasteiger partial charge in [0.25, 0.3) is 0 Å². The summed E-state index contributed by atoms with van der Waals surface area (Å²) in [4.78, 5) is 8.81. The van der Waals surface area contributed by atoms with Crippen molar-refractivity contribution in [2.45, 2.75) is 39.8 Å². The minimum Gasteiger partial charge on any atom is -0.390 e. The fourth-order valence-corrected chi connectivity index (χ4v) is 5.51. The van der Waals surface area contributed by atoms with Gasteiger partial charge >= 0.3 is 0 Å². The number of benzene rings is 1. The summed E-state index contributed by atoms with van der Waals surface area (Å²) >= 11 is 3.51. The second kappa shape index (κ2) is 5.58. The predicted molar refractivity (Wildman–Crippen MR) is 101 cm³/mol. The number of rotatable bonds is 2. The molecule has 23 heavy (non-hydrogen) atoms. The summed E-state index contributed by atoms with van der Waals surface area (Å²) in [6.45, 7) is 8.76. The maximum atomic E-state index is 6.39. The van der Waals surface area contributed by atoms with Gasteiger partial charge < -0.3 is 5.73 Å². The fourth-order valence-electron chi connectivity index (χ4n) is 3.26. The van der Waals surface area contributed by atoms with Crippen LogP contribution in [0.2, 0.25) is 0 Å². The van der Waals surface area contributed by atoms with Gasteiger partial charge in [0, 0.05) is 29.6 Å². The molecule has 0 fully saturated rings. The van der Waals surface area contributed by atoms with Gasteiger partial charge in [0.2, 0.25) is 0 Å². The second-order valence-corrected chi connectivity index (χ2v) is 8.71. The Bertz CT molecular complexity index is 876. The zero-order valence-electron chi connectivity index (χ0n) is 13.7. The third-order valence-electron chi connectivity index (χ3n) is 4.60. The number of nitrogen functional groups attached to an aromatic ring is 1. The Labute approximate surface area is 144 Å². The van der Waals surface area contributed by atoms with Crippen molar-refractivity contribution in [2.24, 2.45) is 0 Å². The lowest BCUT2D eigenvalue weighted by molar-refractivity contribution is 0.206. The molecule has 0 atom stereocenters. The van der Waals surface area contributed by atoms with E-state index in [4.69, 9.17) is 10.7 Å². The average Bonchev–Trinajstić information content (AvgIpc) is 3.04. The Kier molecular flexibility index (Phi) is 3.67. The van der Waals surface area contributed by atoms with Gasteiger partial charge in [-0.15, -0.1) is 22.7 Å². The summed E-state index contributed by atoms with van der Waals surface area (Å²) in [6.07, 6.45) is 1.07. The molecular formula is C18H21N3S2. The molecule has 0 saturated carbocycles. The van der Waals surface area contributed by atoms with E-state index in [-0.39, 0.29) is 0 Å². The smallest absolute Gasteiger partial charge is 0.127 e. The van der Waals surface area contributed by atoms with E-state index in [0.717, 1.165) is 35.0 Å². The molecule has 4 rings (SSSR count). The van der Waals surface area contributed by atoms with Gasteiger partial charge in [0.05, 0.1) is 15.2 Å². The lowest BCUT2D eigenvalue weighted by Crippen LogP contribution is -2.35. The Morgan fingerprint density at radius 1 is 1.26 bits per heavy atom. The molecule has 0 bridgehead atoms. The lowest BCUT2D eigenvalue weighted by atomic mass is 10.0. The summed E-state index contributed by atoms with van der Waals surface area (Å²) in [5, 5.41) is 2.01. The number of aromatic nitrogens is 1. The highest BCUT2D eigenvalue weighted by atomic mass is 32.1. The van der Waals surface area contributed by atoms with E-state index >= 15 is 0 Å². The first-order chi connectivity index (χ1) is 11.0. The number of nitrogens with two attached hydrogens (primary N) is 1. The minimum atomic E-state index is 0.584. The SMILES string of the molecule is Cc1ccc2sc(-c3c(N)sc4c3CCN(C(C)C)C4)nc2c1. The predicted octanol–water partition coefficient (Wildman–Crippen LogP) is 4.68. The molecular weight excluding hydrogens is 322 g/mol. The molecule has 1 aromatic carbocycles. The van der Waals surface area contributed by atoms with Crippen LogP contribution in [0.1, 0.15) is 29.9 Å². The summed E-state index contributed by atoms with van der Waals surface area (Å²) in [6, 6.07) is 7.06. The van der Waals surface area contributed by atoms with Crippen LogP contribution in [0.3, 0.4) is 0 Å². The molecule has 1 aliphatic rings. The molecule has 2 N–H and O–H groups in total. The molecule has 3 nitrogen and oxygen atoms in total. The lowest BCUT2D eigenvalue weighted by Gasteiger charge is -2.30. The van der Waals surface area contributed by atoms with Gasteiger partial charge in [-0.05, 0) is 50.5 Å². The fraction of sp³-hybridized carbons (Fsp3) is 0.389. The maximum Gasteiger partial charge on any atom is 0.127 e. The van der Waals surface area contributed by atoms with Crippen LogP contribution >= 0.6 is 22.7 Å². The summed E-state index contributed by atoms with van der Waals surface area (Å²) in [7, 11) is 0. The van der Waals surface area contributed by atoms with Crippen LogP contribution in [0.25, 0.3) is 20.8 Å². The molecule has 0 amide bonds. The van der Waals surface area contributed by atoms with Crippen LogP contribution in [-0.4, -0.2) is 22.5 Å². The third-order valence-corrected chi connectivity index (χ3v) is 6.70. The quantitative estimate of drug-likeness (QED) is 0.734. The molecule has 0 aliphatic carbocycles. The van der Waals surface area contributed by atoms with E-state index in [1.165, 1.54) is 26.3 Å². The van der Waals surface area contributed by atoms with E-state index < -0.39 is 0 Å². The minimum absolute atomic E-state index is 0.584. The maximum absolute atomic E-state index is 6.39. The molecule has 120 valence electrons. The Morgan fingerprint density at radius 2 is 2.09 bits per heavy atom. The van der Waals surface area contributed by atoms with Crippen LogP contribution in [0.5, 0.6) is 0 Å². The largest absolute Gasteiger partial charge is 0.390 e. The van der Waals surface area contributed by atoms with Crippen LogP contribution in [0.15, 0.2) is 18.2 Å². The van der Waals surface area contributed by atoms with Gasteiger partial charge in [0.1, 0.15) is 5.01 Å². The number of hydrogen-bond donors (Lipinski definition) is 1. The van der Waals surface area contributed by atoms with E-state index in [2.05, 4.69) is 43.9 Å². The second-order valence-electron chi connectivity index (χ2n) is 6.55. The summed E-state index contributed by atoms with van der Waals surface area (Å²) in [5.41, 5.74) is 11.4. The summed E-state index contributed by atoms with van der Waals surface area (Å²) < 4.78 is 1.24. The van der Waals surface area contributed by atoms with Crippen molar-refractivity contribution < 1.29 is 0 Å². The normalized spacial score (nSPS) is 15.5. The molecule has 1 aliphatic heterocycles.